The van der Waals surface area contributed by atoms with Crippen LogP contribution in [0.25, 0.3) is 0 Å². The Balaban J connectivity index is 2.33. The molecule has 2 heterocycles. The quantitative estimate of drug-likeness (QED) is 0.779. The number of hydrogen-bond donors (Lipinski definition) is 0. The smallest absolute Gasteiger partial charge is 0.146 e. The highest BCUT2D eigenvalue weighted by atomic mass is 16.5. The minimum atomic E-state index is 0.189. The van der Waals surface area contributed by atoms with Crippen molar-refractivity contribution in [3.8, 4) is 6.07 Å². The van der Waals surface area contributed by atoms with Crippen molar-refractivity contribution in [1.82, 2.24) is 4.98 Å². The van der Waals surface area contributed by atoms with Crippen LogP contribution in [0.2, 0.25) is 0 Å². The van der Waals surface area contributed by atoms with E-state index in [1.165, 1.54) is 0 Å². The maximum absolute atomic E-state index is 9.12. The number of anilines is 1. The number of ether oxygens (including phenoxy) is 1. The number of pyridine rings is 1. The van der Waals surface area contributed by atoms with E-state index in [4.69, 9.17) is 10.00 Å². The van der Waals surface area contributed by atoms with E-state index in [0.29, 0.717) is 11.6 Å². The summed E-state index contributed by atoms with van der Waals surface area (Å²) < 4.78 is 5.56. The second-order valence-electron chi connectivity index (χ2n) is 4.48. The van der Waals surface area contributed by atoms with Crippen LogP contribution in [0.4, 0.5) is 5.82 Å². The molecule has 0 amide bonds. The molecule has 4 heteroatoms. The van der Waals surface area contributed by atoms with Crippen LogP contribution in [0, 0.1) is 18.3 Å². The number of hydrogen-bond acceptors (Lipinski definition) is 4. The molecule has 1 aromatic heterocycles. The first-order chi connectivity index (χ1) is 8.13. The van der Waals surface area contributed by atoms with Crippen molar-refractivity contribution in [2.75, 3.05) is 18.6 Å². The first-order valence-corrected chi connectivity index (χ1v) is 5.85. The van der Waals surface area contributed by atoms with Crippen molar-refractivity contribution in [3.63, 3.8) is 0 Å². The van der Waals surface area contributed by atoms with Gasteiger partial charge in [0.25, 0.3) is 0 Å². The Morgan fingerprint density at radius 1 is 1.53 bits per heavy atom. The molecule has 4 nitrogen and oxygen atoms in total. The maximum atomic E-state index is 9.12. The Morgan fingerprint density at radius 2 is 2.29 bits per heavy atom. The van der Waals surface area contributed by atoms with Gasteiger partial charge in [0.15, 0.2) is 0 Å². The standard InChI is InChI=1S/C13H17N3O/c1-9-4-5-11(8-14)13(15-9)16(3)12-6-7-17-10(12)2/h4-5,10,12H,6-7H2,1-3H3. The molecule has 0 radical (unpaired) electrons. The van der Waals surface area contributed by atoms with E-state index in [1.807, 2.05) is 26.1 Å². The minimum absolute atomic E-state index is 0.189. The zero-order valence-corrected chi connectivity index (χ0v) is 10.5. The number of aromatic nitrogens is 1. The molecule has 0 bridgehead atoms. The number of likely N-dealkylation sites (N-methyl/N-ethyl adjacent to an activating group) is 1. The van der Waals surface area contributed by atoms with Gasteiger partial charge in [-0.25, -0.2) is 4.98 Å². The molecule has 1 aliphatic heterocycles. The molecule has 90 valence electrons. The molecule has 2 atom stereocenters. The molecule has 0 spiro atoms. The summed E-state index contributed by atoms with van der Waals surface area (Å²) >= 11 is 0. The number of rotatable bonds is 2. The van der Waals surface area contributed by atoms with E-state index in [1.54, 1.807) is 0 Å². The van der Waals surface area contributed by atoms with E-state index in [2.05, 4.69) is 22.9 Å². The first-order valence-electron chi connectivity index (χ1n) is 5.85. The third kappa shape index (κ3) is 2.25. The zero-order valence-electron chi connectivity index (χ0n) is 10.5. The van der Waals surface area contributed by atoms with Crippen molar-refractivity contribution in [1.29, 1.82) is 5.26 Å². The predicted octanol–water partition coefficient (Wildman–Crippen LogP) is 1.88. The normalized spacial score (nSPS) is 23.4. The van der Waals surface area contributed by atoms with Gasteiger partial charge in [0.05, 0.1) is 17.7 Å². The molecular weight excluding hydrogens is 214 g/mol. The third-order valence-corrected chi connectivity index (χ3v) is 3.30. The summed E-state index contributed by atoms with van der Waals surface area (Å²) in [6, 6.07) is 6.19. The molecule has 0 aromatic carbocycles. The van der Waals surface area contributed by atoms with Crippen LogP contribution in [-0.4, -0.2) is 30.8 Å². The highest BCUT2D eigenvalue weighted by molar-refractivity contribution is 5.54. The Bertz CT molecular complexity index is 452. The van der Waals surface area contributed by atoms with Gasteiger partial charge in [-0.05, 0) is 32.4 Å². The van der Waals surface area contributed by atoms with Gasteiger partial charge >= 0.3 is 0 Å². The van der Waals surface area contributed by atoms with Crippen molar-refractivity contribution in [3.05, 3.63) is 23.4 Å². The molecular formula is C13H17N3O. The largest absolute Gasteiger partial charge is 0.376 e. The number of aryl methyl sites for hydroxylation is 1. The summed E-state index contributed by atoms with van der Waals surface area (Å²) in [5.74, 6) is 0.759. The molecule has 0 aliphatic carbocycles. The lowest BCUT2D eigenvalue weighted by atomic mass is 10.1. The van der Waals surface area contributed by atoms with Crippen LogP contribution >= 0.6 is 0 Å². The molecule has 2 unspecified atom stereocenters. The van der Waals surface area contributed by atoms with E-state index < -0.39 is 0 Å². The van der Waals surface area contributed by atoms with E-state index in [0.717, 1.165) is 24.5 Å². The summed E-state index contributed by atoms with van der Waals surface area (Å²) in [6.45, 7) is 4.78. The van der Waals surface area contributed by atoms with Crippen LogP contribution in [0.1, 0.15) is 24.6 Å². The molecule has 2 rings (SSSR count). The summed E-state index contributed by atoms with van der Waals surface area (Å²) in [4.78, 5) is 6.54. The molecule has 0 saturated carbocycles. The van der Waals surface area contributed by atoms with E-state index in [-0.39, 0.29) is 6.10 Å². The second-order valence-corrected chi connectivity index (χ2v) is 4.48. The van der Waals surface area contributed by atoms with Gasteiger partial charge in [-0.3, -0.25) is 0 Å². The van der Waals surface area contributed by atoms with Crippen LogP contribution in [0.3, 0.4) is 0 Å². The summed E-state index contributed by atoms with van der Waals surface area (Å²) in [5.41, 5.74) is 1.55. The third-order valence-electron chi connectivity index (χ3n) is 3.30. The van der Waals surface area contributed by atoms with Gasteiger partial charge in [-0.15, -0.1) is 0 Å². The Kier molecular flexibility index (Phi) is 3.30. The van der Waals surface area contributed by atoms with Crippen LogP contribution in [-0.2, 0) is 4.74 Å². The van der Waals surface area contributed by atoms with E-state index in [9.17, 15) is 0 Å². The fourth-order valence-corrected chi connectivity index (χ4v) is 2.29. The molecule has 1 aromatic rings. The van der Waals surface area contributed by atoms with Gasteiger partial charge in [-0.1, -0.05) is 0 Å². The topological polar surface area (TPSA) is 49.2 Å². The fourth-order valence-electron chi connectivity index (χ4n) is 2.29. The summed E-state index contributed by atoms with van der Waals surface area (Å²) in [5, 5.41) is 9.12. The minimum Gasteiger partial charge on any atom is -0.376 e. The average molecular weight is 231 g/mol. The molecule has 1 aliphatic rings. The lowest BCUT2D eigenvalue weighted by Crippen LogP contribution is -2.37. The van der Waals surface area contributed by atoms with Gasteiger partial charge < -0.3 is 9.64 Å². The molecule has 0 N–H and O–H groups in total. The number of nitriles is 1. The lowest BCUT2D eigenvalue weighted by molar-refractivity contribution is 0.118. The number of nitrogens with zero attached hydrogens (tertiary/aromatic N) is 3. The molecule has 1 saturated heterocycles. The maximum Gasteiger partial charge on any atom is 0.146 e. The Labute approximate surface area is 102 Å². The van der Waals surface area contributed by atoms with Crippen molar-refractivity contribution < 1.29 is 4.74 Å². The van der Waals surface area contributed by atoms with Gasteiger partial charge in [0, 0.05) is 19.3 Å². The highest BCUT2D eigenvalue weighted by Gasteiger charge is 2.29. The second kappa shape index (κ2) is 4.72. The van der Waals surface area contributed by atoms with Gasteiger partial charge in [0.2, 0.25) is 0 Å². The SMILES string of the molecule is Cc1ccc(C#N)c(N(C)C2CCOC2C)n1. The van der Waals surface area contributed by atoms with Crippen molar-refractivity contribution in [2.24, 2.45) is 0 Å². The van der Waals surface area contributed by atoms with Crippen molar-refractivity contribution >= 4 is 5.82 Å². The van der Waals surface area contributed by atoms with Crippen LogP contribution in [0.15, 0.2) is 12.1 Å². The zero-order chi connectivity index (χ0) is 12.4. The van der Waals surface area contributed by atoms with Crippen LogP contribution in [0.5, 0.6) is 0 Å². The lowest BCUT2D eigenvalue weighted by Gasteiger charge is -2.28. The fraction of sp³-hybridized carbons (Fsp3) is 0.538. The summed E-state index contributed by atoms with van der Waals surface area (Å²) in [6.07, 6.45) is 1.17. The van der Waals surface area contributed by atoms with Crippen LogP contribution < -0.4 is 4.90 Å². The summed E-state index contributed by atoms with van der Waals surface area (Å²) in [7, 11) is 1.98. The van der Waals surface area contributed by atoms with Crippen molar-refractivity contribution in [2.45, 2.75) is 32.4 Å². The molecule has 17 heavy (non-hydrogen) atoms. The van der Waals surface area contributed by atoms with E-state index >= 15 is 0 Å². The Hall–Kier alpha value is -1.60. The monoisotopic (exact) mass is 231 g/mol. The average Bonchev–Trinajstić information content (AvgIpc) is 2.74. The Morgan fingerprint density at radius 3 is 2.88 bits per heavy atom. The van der Waals surface area contributed by atoms with Gasteiger partial charge in [0.1, 0.15) is 11.9 Å². The highest BCUT2D eigenvalue weighted by Crippen LogP contribution is 2.25. The molecule has 1 fully saturated rings. The predicted molar refractivity (Wildman–Crippen MR) is 65.9 cm³/mol. The van der Waals surface area contributed by atoms with Gasteiger partial charge in [-0.2, -0.15) is 5.26 Å². The first kappa shape index (κ1) is 11.9.